The minimum Gasteiger partial charge on any atom is -0.396 e. The molecule has 3 N–H and O–H groups in total. The molecule has 0 aromatic carbocycles. The van der Waals surface area contributed by atoms with Gasteiger partial charge in [0.1, 0.15) is 0 Å². The summed E-state index contributed by atoms with van der Waals surface area (Å²) >= 11 is 0. The number of rotatable bonds is 4. The first-order valence-electron chi connectivity index (χ1n) is 6.04. The number of aliphatic hydroxyl groups is 1. The molecule has 0 saturated carbocycles. The van der Waals surface area contributed by atoms with Crippen LogP contribution in [0.5, 0.6) is 0 Å². The van der Waals surface area contributed by atoms with Gasteiger partial charge in [-0.05, 0) is 46.6 Å². The van der Waals surface area contributed by atoms with Gasteiger partial charge in [-0.2, -0.15) is 0 Å². The zero-order valence-corrected chi connectivity index (χ0v) is 10.6. The molecule has 0 aliphatic carbocycles. The van der Waals surface area contributed by atoms with Crippen LogP contribution in [0.15, 0.2) is 0 Å². The quantitative estimate of drug-likeness (QED) is 0.662. The Hall–Kier alpha value is -0.610. The molecule has 1 fully saturated rings. The van der Waals surface area contributed by atoms with Gasteiger partial charge >= 0.3 is 0 Å². The van der Waals surface area contributed by atoms with Crippen LogP contribution in [-0.2, 0) is 4.79 Å². The number of hydrogen-bond donors (Lipinski definition) is 3. The zero-order chi connectivity index (χ0) is 12.2. The van der Waals surface area contributed by atoms with Crippen LogP contribution in [0.3, 0.4) is 0 Å². The molecule has 4 nitrogen and oxygen atoms in total. The fraction of sp³-hybridized carbons (Fsp3) is 0.917. The maximum atomic E-state index is 12.2. The second-order valence-electron chi connectivity index (χ2n) is 5.65. The number of aliphatic hydroxyl groups excluding tert-OH is 1. The van der Waals surface area contributed by atoms with Gasteiger partial charge in [-0.3, -0.25) is 4.79 Å². The fourth-order valence-electron chi connectivity index (χ4n) is 2.05. The first-order chi connectivity index (χ1) is 7.40. The van der Waals surface area contributed by atoms with Gasteiger partial charge in [0.25, 0.3) is 0 Å². The highest BCUT2D eigenvalue weighted by Crippen LogP contribution is 2.26. The van der Waals surface area contributed by atoms with Crippen molar-refractivity contribution in [2.24, 2.45) is 5.41 Å². The number of hydrogen-bond acceptors (Lipinski definition) is 3. The van der Waals surface area contributed by atoms with E-state index in [4.69, 9.17) is 5.11 Å². The van der Waals surface area contributed by atoms with E-state index in [9.17, 15) is 4.79 Å². The van der Waals surface area contributed by atoms with Gasteiger partial charge < -0.3 is 15.7 Å². The highest BCUT2D eigenvalue weighted by molar-refractivity contribution is 5.83. The first-order valence-corrected chi connectivity index (χ1v) is 6.04. The number of carbonyl (C=O) groups is 1. The molecule has 1 atom stereocenters. The third-order valence-corrected chi connectivity index (χ3v) is 3.33. The molecule has 1 aliphatic rings. The molecule has 0 aromatic rings. The summed E-state index contributed by atoms with van der Waals surface area (Å²) in [6.07, 6.45) is 2.56. The van der Waals surface area contributed by atoms with E-state index in [1.54, 1.807) is 0 Å². The lowest BCUT2D eigenvalue weighted by atomic mass is 9.81. The van der Waals surface area contributed by atoms with E-state index in [1.807, 2.05) is 20.8 Å². The van der Waals surface area contributed by atoms with Crippen LogP contribution in [0.2, 0.25) is 0 Å². The Balaban J connectivity index is 2.56. The van der Waals surface area contributed by atoms with Gasteiger partial charge in [-0.25, -0.2) is 0 Å². The Bertz CT molecular complexity index is 245. The minimum atomic E-state index is -0.327. The molecule has 94 valence electrons. The molecule has 1 heterocycles. The van der Waals surface area contributed by atoms with E-state index >= 15 is 0 Å². The lowest BCUT2D eigenvalue weighted by Gasteiger charge is -2.36. The van der Waals surface area contributed by atoms with E-state index < -0.39 is 0 Å². The van der Waals surface area contributed by atoms with Crippen LogP contribution in [0, 0.1) is 5.41 Å². The summed E-state index contributed by atoms with van der Waals surface area (Å²) in [5, 5.41) is 15.2. The van der Waals surface area contributed by atoms with Crippen molar-refractivity contribution < 1.29 is 9.90 Å². The normalized spacial score (nSPS) is 26.5. The maximum absolute atomic E-state index is 12.2. The van der Waals surface area contributed by atoms with Crippen LogP contribution in [0.25, 0.3) is 0 Å². The molecule has 0 bridgehead atoms. The van der Waals surface area contributed by atoms with E-state index in [1.165, 1.54) is 0 Å². The standard InChI is InChI=1S/C12H24N2O2/c1-11(2,6-8-15)14-10(16)12(3)5-4-7-13-9-12/h13,15H,4-9H2,1-3H3,(H,14,16). The second-order valence-corrected chi connectivity index (χ2v) is 5.65. The summed E-state index contributed by atoms with van der Waals surface area (Å²) in [5.41, 5.74) is -0.628. The van der Waals surface area contributed by atoms with Crippen LogP contribution in [0.1, 0.15) is 40.0 Å². The van der Waals surface area contributed by atoms with Crippen molar-refractivity contribution in [3.8, 4) is 0 Å². The predicted molar refractivity (Wildman–Crippen MR) is 64.1 cm³/mol. The Morgan fingerprint density at radius 2 is 2.25 bits per heavy atom. The minimum absolute atomic E-state index is 0.0955. The van der Waals surface area contributed by atoms with Crippen molar-refractivity contribution in [3.05, 3.63) is 0 Å². The largest absolute Gasteiger partial charge is 0.396 e. The van der Waals surface area contributed by atoms with Gasteiger partial charge in [0, 0.05) is 18.7 Å². The topological polar surface area (TPSA) is 61.4 Å². The van der Waals surface area contributed by atoms with E-state index in [0.717, 1.165) is 25.9 Å². The van der Waals surface area contributed by atoms with Crippen molar-refractivity contribution in [1.82, 2.24) is 10.6 Å². The van der Waals surface area contributed by atoms with Crippen LogP contribution in [0.4, 0.5) is 0 Å². The van der Waals surface area contributed by atoms with E-state index in [2.05, 4.69) is 10.6 Å². The number of nitrogens with one attached hydrogen (secondary N) is 2. The second kappa shape index (κ2) is 5.15. The molecule has 1 saturated heterocycles. The lowest BCUT2D eigenvalue weighted by molar-refractivity contribution is -0.133. The summed E-state index contributed by atoms with van der Waals surface area (Å²) in [6.45, 7) is 7.74. The van der Waals surface area contributed by atoms with Crippen LogP contribution < -0.4 is 10.6 Å². The summed E-state index contributed by atoms with van der Waals surface area (Å²) in [7, 11) is 0. The molecular formula is C12H24N2O2. The molecule has 0 spiro atoms. The fourth-order valence-corrected chi connectivity index (χ4v) is 2.05. The van der Waals surface area contributed by atoms with Gasteiger partial charge in [-0.1, -0.05) is 0 Å². The third-order valence-electron chi connectivity index (χ3n) is 3.33. The SMILES string of the molecule is CC(C)(CCO)NC(=O)C1(C)CCCNC1. The summed E-state index contributed by atoms with van der Waals surface area (Å²) in [5.74, 6) is 0.0955. The third kappa shape index (κ3) is 3.46. The molecular weight excluding hydrogens is 204 g/mol. The van der Waals surface area contributed by atoms with Crippen molar-refractivity contribution in [3.63, 3.8) is 0 Å². The number of piperidine rings is 1. The molecule has 0 aromatic heterocycles. The smallest absolute Gasteiger partial charge is 0.227 e. The molecule has 0 radical (unpaired) electrons. The van der Waals surface area contributed by atoms with Crippen LogP contribution in [-0.4, -0.2) is 36.2 Å². The molecule has 1 amide bonds. The monoisotopic (exact) mass is 228 g/mol. The maximum Gasteiger partial charge on any atom is 0.227 e. The van der Waals surface area contributed by atoms with Crippen molar-refractivity contribution in [1.29, 1.82) is 0 Å². The Morgan fingerprint density at radius 3 is 2.75 bits per heavy atom. The van der Waals surface area contributed by atoms with Crippen molar-refractivity contribution in [2.45, 2.75) is 45.6 Å². The Labute approximate surface area is 97.8 Å². The van der Waals surface area contributed by atoms with E-state index in [0.29, 0.717) is 6.42 Å². The number of carbonyl (C=O) groups excluding carboxylic acids is 1. The summed E-state index contributed by atoms with van der Waals surface area (Å²) in [6, 6.07) is 0. The number of amides is 1. The predicted octanol–water partition coefficient (Wildman–Crippen LogP) is 0.653. The summed E-state index contributed by atoms with van der Waals surface area (Å²) in [4.78, 5) is 12.2. The van der Waals surface area contributed by atoms with Crippen molar-refractivity contribution >= 4 is 5.91 Å². The van der Waals surface area contributed by atoms with Gasteiger partial charge in [0.2, 0.25) is 5.91 Å². The highest BCUT2D eigenvalue weighted by atomic mass is 16.3. The average molecular weight is 228 g/mol. The van der Waals surface area contributed by atoms with E-state index in [-0.39, 0.29) is 23.5 Å². The van der Waals surface area contributed by atoms with Crippen LogP contribution >= 0.6 is 0 Å². The molecule has 4 heteroatoms. The van der Waals surface area contributed by atoms with Gasteiger partial charge in [0.05, 0.1) is 5.41 Å². The molecule has 1 unspecified atom stereocenters. The highest BCUT2D eigenvalue weighted by Gasteiger charge is 2.36. The molecule has 16 heavy (non-hydrogen) atoms. The van der Waals surface area contributed by atoms with Gasteiger partial charge in [0.15, 0.2) is 0 Å². The lowest BCUT2D eigenvalue weighted by Crippen LogP contribution is -2.54. The molecule has 1 rings (SSSR count). The first kappa shape index (κ1) is 13.5. The molecule has 1 aliphatic heterocycles. The Kier molecular flexibility index (Phi) is 4.33. The van der Waals surface area contributed by atoms with Crippen molar-refractivity contribution in [2.75, 3.05) is 19.7 Å². The zero-order valence-electron chi connectivity index (χ0n) is 10.6. The average Bonchev–Trinajstić information content (AvgIpc) is 2.17. The van der Waals surface area contributed by atoms with Gasteiger partial charge in [-0.15, -0.1) is 0 Å². The summed E-state index contributed by atoms with van der Waals surface area (Å²) < 4.78 is 0. The Morgan fingerprint density at radius 1 is 1.56 bits per heavy atom.